The van der Waals surface area contributed by atoms with Gasteiger partial charge in [-0.15, -0.1) is 11.8 Å². The lowest BCUT2D eigenvalue weighted by Gasteiger charge is -2.29. The Morgan fingerprint density at radius 2 is 2.24 bits per heavy atom. The number of thioether (sulfide) groups is 1. The van der Waals surface area contributed by atoms with Crippen molar-refractivity contribution in [1.29, 1.82) is 0 Å². The van der Waals surface area contributed by atoms with Gasteiger partial charge < -0.3 is 14.8 Å². The maximum Gasteiger partial charge on any atom is 0.327 e. The molecule has 0 bridgehead atoms. The lowest BCUT2D eigenvalue weighted by Crippen LogP contribution is -2.51. The maximum absolute atomic E-state index is 12.4. The zero-order chi connectivity index (χ0) is 15.6. The number of carbonyl (C=O) groups excluding carboxylic acids is 1. The number of hydrogen-bond donors (Lipinski definition) is 2. The summed E-state index contributed by atoms with van der Waals surface area (Å²) in [7, 11) is 0. The van der Waals surface area contributed by atoms with E-state index in [4.69, 9.17) is 4.42 Å². The van der Waals surface area contributed by atoms with Crippen LogP contribution in [0.2, 0.25) is 0 Å². The number of aliphatic carboxylic acids is 1. The number of urea groups is 1. The van der Waals surface area contributed by atoms with E-state index in [1.54, 1.807) is 6.07 Å². The van der Waals surface area contributed by atoms with Gasteiger partial charge in [0.05, 0.1) is 11.9 Å². The summed E-state index contributed by atoms with van der Waals surface area (Å²) in [5.74, 6) is 1.08. The standard InChI is InChI=1S/C14H20N2O4S/c1-8(2)12-16(11(7-21-12)13(17)18)14(19)15-6-10-5-4-9(3)20-10/h4-5,8,11-12H,6-7H2,1-3H3,(H,15,19)(H,17,18). The molecule has 2 N–H and O–H groups in total. The van der Waals surface area contributed by atoms with Crippen LogP contribution in [0, 0.1) is 12.8 Å². The van der Waals surface area contributed by atoms with Gasteiger partial charge in [-0.2, -0.15) is 0 Å². The van der Waals surface area contributed by atoms with E-state index in [2.05, 4.69) is 5.32 Å². The van der Waals surface area contributed by atoms with E-state index in [0.29, 0.717) is 11.5 Å². The number of carboxylic acid groups (broad SMARTS) is 1. The highest BCUT2D eigenvalue weighted by molar-refractivity contribution is 8.00. The minimum atomic E-state index is -0.963. The van der Waals surface area contributed by atoms with Gasteiger partial charge in [0.1, 0.15) is 17.6 Å². The Morgan fingerprint density at radius 1 is 1.52 bits per heavy atom. The van der Waals surface area contributed by atoms with Crippen LogP contribution >= 0.6 is 11.8 Å². The van der Waals surface area contributed by atoms with Crippen LogP contribution in [0.3, 0.4) is 0 Å². The summed E-state index contributed by atoms with van der Waals surface area (Å²) in [5, 5.41) is 11.9. The molecule has 0 radical (unpaired) electrons. The molecule has 6 nitrogen and oxygen atoms in total. The first-order valence-electron chi connectivity index (χ1n) is 6.86. The van der Waals surface area contributed by atoms with Crippen LogP contribution < -0.4 is 5.32 Å². The molecule has 1 saturated heterocycles. The molecule has 2 rings (SSSR count). The number of hydrogen-bond acceptors (Lipinski definition) is 4. The van der Waals surface area contributed by atoms with Crippen LogP contribution in [0.4, 0.5) is 4.79 Å². The summed E-state index contributed by atoms with van der Waals surface area (Å²) < 4.78 is 5.39. The summed E-state index contributed by atoms with van der Waals surface area (Å²) in [6.07, 6.45) is 0. The topological polar surface area (TPSA) is 82.8 Å². The average molecular weight is 312 g/mol. The van der Waals surface area contributed by atoms with Crippen molar-refractivity contribution in [3.05, 3.63) is 23.7 Å². The summed E-state index contributed by atoms with van der Waals surface area (Å²) in [6, 6.07) is 2.48. The second-order valence-electron chi connectivity index (χ2n) is 5.40. The normalized spacial score (nSPS) is 21.8. The smallest absolute Gasteiger partial charge is 0.327 e. The molecule has 21 heavy (non-hydrogen) atoms. The third-order valence-corrected chi connectivity index (χ3v) is 4.96. The highest BCUT2D eigenvalue weighted by Crippen LogP contribution is 2.34. The number of amides is 2. The third kappa shape index (κ3) is 3.53. The monoisotopic (exact) mass is 312 g/mol. The second kappa shape index (κ2) is 6.43. The molecule has 2 amide bonds. The number of carboxylic acids is 1. The molecule has 1 aromatic rings. The molecule has 0 aliphatic carbocycles. The van der Waals surface area contributed by atoms with Crippen LogP contribution in [0.25, 0.3) is 0 Å². The van der Waals surface area contributed by atoms with Crippen molar-refractivity contribution in [1.82, 2.24) is 10.2 Å². The first-order chi connectivity index (χ1) is 9.90. The van der Waals surface area contributed by atoms with Gasteiger partial charge in [0.2, 0.25) is 0 Å². The summed E-state index contributed by atoms with van der Waals surface area (Å²) in [6.45, 7) is 6.05. The molecule has 0 saturated carbocycles. The Labute approximate surface area is 127 Å². The van der Waals surface area contributed by atoms with Crippen LogP contribution in [0.15, 0.2) is 16.5 Å². The fourth-order valence-electron chi connectivity index (χ4n) is 2.32. The molecule has 1 aliphatic heterocycles. The Hall–Kier alpha value is -1.63. The number of rotatable bonds is 4. The molecule has 0 aromatic carbocycles. The molecular formula is C14H20N2O4S. The fourth-order valence-corrected chi connectivity index (χ4v) is 3.79. The van der Waals surface area contributed by atoms with Crippen molar-refractivity contribution < 1.29 is 19.1 Å². The van der Waals surface area contributed by atoms with Crippen molar-refractivity contribution in [3.63, 3.8) is 0 Å². The Morgan fingerprint density at radius 3 is 2.76 bits per heavy atom. The van der Waals surface area contributed by atoms with Crippen molar-refractivity contribution in [3.8, 4) is 0 Å². The molecule has 7 heteroatoms. The zero-order valence-corrected chi connectivity index (χ0v) is 13.1. The second-order valence-corrected chi connectivity index (χ2v) is 6.55. The molecular weight excluding hydrogens is 292 g/mol. The predicted octanol–water partition coefficient (Wildman–Crippen LogP) is 2.28. The molecule has 2 heterocycles. The molecule has 1 aromatic heterocycles. The Kier molecular flexibility index (Phi) is 4.82. The van der Waals surface area contributed by atoms with Crippen molar-refractivity contribution >= 4 is 23.8 Å². The minimum Gasteiger partial charge on any atom is -0.480 e. The van der Waals surface area contributed by atoms with Crippen LogP contribution in [0.5, 0.6) is 0 Å². The van der Waals surface area contributed by atoms with Gasteiger partial charge in [-0.3, -0.25) is 4.90 Å². The lowest BCUT2D eigenvalue weighted by atomic mass is 10.2. The van der Waals surface area contributed by atoms with Gasteiger partial charge in [0, 0.05) is 5.75 Å². The first-order valence-corrected chi connectivity index (χ1v) is 7.91. The number of aryl methyl sites for hydroxylation is 1. The van der Waals surface area contributed by atoms with E-state index >= 15 is 0 Å². The van der Waals surface area contributed by atoms with Crippen molar-refractivity contribution in [2.45, 2.75) is 38.7 Å². The van der Waals surface area contributed by atoms with E-state index in [-0.39, 0.29) is 23.9 Å². The molecule has 1 aliphatic rings. The molecule has 116 valence electrons. The molecule has 0 spiro atoms. The van der Waals surface area contributed by atoms with Gasteiger partial charge in [-0.05, 0) is 25.0 Å². The van der Waals surface area contributed by atoms with Crippen LogP contribution in [-0.2, 0) is 11.3 Å². The zero-order valence-electron chi connectivity index (χ0n) is 12.3. The number of nitrogens with zero attached hydrogens (tertiary/aromatic N) is 1. The van der Waals surface area contributed by atoms with Crippen LogP contribution in [0.1, 0.15) is 25.4 Å². The summed E-state index contributed by atoms with van der Waals surface area (Å²) >= 11 is 1.51. The quantitative estimate of drug-likeness (QED) is 0.891. The van der Waals surface area contributed by atoms with E-state index < -0.39 is 12.0 Å². The average Bonchev–Trinajstić information content (AvgIpc) is 3.01. The van der Waals surface area contributed by atoms with E-state index in [0.717, 1.165) is 5.76 Å². The van der Waals surface area contributed by atoms with Crippen molar-refractivity contribution in [2.24, 2.45) is 5.92 Å². The van der Waals surface area contributed by atoms with Gasteiger partial charge in [-0.1, -0.05) is 13.8 Å². The molecule has 1 fully saturated rings. The Balaban J connectivity index is 2.04. The van der Waals surface area contributed by atoms with Gasteiger partial charge in [-0.25, -0.2) is 9.59 Å². The molecule has 2 unspecified atom stereocenters. The number of nitrogens with one attached hydrogen (secondary N) is 1. The van der Waals surface area contributed by atoms with Crippen LogP contribution in [-0.4, -0.2) is 39.2 Å². The molecule has 2 atom stereocenters. The van der Waals surface area contributed by atoms with E-state index in [1.807, 2.05) is 26.8 Å². The van der Waals surface area contributed by atoms with Gasteiger partial charge in [0.25, 0.3) is 0 Å². The summed E-state index contributed by atoms with van der Waals surface area (Å²) in [5.41, 5.74) is 0. The van der Waals surface area contributed by atoms with E-state index in [1.165, 1.54) is 16.7 Å². The third-order valence-electron chi connectivity index (χ3n) is 3.33. The highest BCUT2D eigenvalue weighted by Gasteiger charge is 2.42. The SMILES string of the molecule is Cc1ccc(CNC(=O)N2C(C(=O)O)CSC2C(C)C)o1. The van der Waals surface area contributed by atoms with E-state index in [9.17, 15) is 14.7 Å². The van der Waals surface area contributed by atoms with Gasteiger partial charge in [0.15, 0.2) is 0 Å². The fraction of sp³-hybridized carbons (Fsp3) is 0.571. The largest absolute Gasteiger partial charge is 0.480 e. The van der Waals surface area contributed by atoms with Crippen molar-refractivity contribution in [2.75, 3.05) is 5.75 Å². The maximum atomic E-state index is 12.4. The highest BCUT2D eigenvalue weighted by atomic mass is 32.2. The van der Waals surface area contributed by atoms with Gasteiger partial charge >= 0.3 is 12.0 Å². The first kappa shape index (κ1) is 15.8. The predicted molar refractivity (Wildman–Crippen MR) is 80.0 cm³/mol. The Bertz CT molecular complexity index is 529. The lowest BCUT2D eigenvalue weighted by molar-refractivity contribution is -0.141. The minimum absolute atomic E-state index is 0.121. The summed E-state index contributed by atoms with van der Waals surface area (Å²) in [4.78, 5) is 25.1. The number of furan rings is 1. The number of carbonyl (C=O) groups is 2.